The van der Waals surface area contributed by atoms with E-state index in [0.717, 1.165) is 19.4 Å². The minimum Gasteiger partial charge on any atom is -0.383 e. The number of hydrogen-bond acceptors (Lipinski definition) is 3. The molecule has 0 saturated carbocycles. The summed E-state index contributed by atoms with van der Waals surface area (Å²) in [6, 6.07) is 0.462. The molecule has 0 unspecified atom stereocenters. The molecule has 96 valence electrons. The lowest BCUT2D eigenvalue weighted by molar-refractivity contribution is -0.135. The first-order valence-electron chi connectivity index (χ1n) is 5.62. The Morgan fingerprint density at radius 1 is 1.56 bits per heavy atom. The first-order valence-corrected chi connectivity index (χ1v) is 5.62. The van der Waals surface area contributed by atoms with Gasteiger partial charge in [0.25, 0.3) is 0 Å². The molecule has 1 aliphatic heterocycles. The van der Waals surface area contributed by atoms with Crippen LogP contribution in [0.1, 0.15) is 19.8 Å². The topological polar surface area (TPSA) is 41.6 Å². The van der Waals surface area contributed by atoms with Crippen molar-refractivity contribution in [2.75, 3.05) is 33.9 Å². The van der Waals surface area contributed by atoms with Crippen molar-refractivity contribution < 1.29 is 9.53 Å². The average molecular weight is 251 g/mol. The van der Waals surface area contributed by atoms with Gasteiger partial charge in [-0.2, -0.15) is 0 Å². The van der Waals surface area contributed by atoms with Gasteiger partial charge >= 0.3 is 0 Å². The molecule has 1 fully saturated rings. The number of likely N-dealkylation sites (N-methyl/N-ethyl adjacent to an activating group) is 1. The minimum atomic E-state index is 0. The Hall–Kier alpha value is -0.320. The molecule has 16 heavy (non-hydrogen) atoms. The third kappa shape index (κ3) is 4.68. The van der Waals surface area contributed by atoms with E-state index in [1.54, 1.807) is 12.0 Å². The molecule has 4 nitrogen and oxygen atoms in total. The second-order valence-electron chi connectivity index (χ2n) is 4.33. The molecule has 1 N–H and O–H groups in total. The van der Waals surface area contributed by atoms with Crippen molar-refractivity contribution in [3.8, 4) is 0 Å². The third-order valence-electron chi connectivity index (χ3n) is 2.98. The van der Waals surface area contributed by atoms with Crippen molar-refractivity contribution in [1.29, 1.82) is 0 Å². The summed E-state index contributed by atoms with van der Waals surface area (Å²) in [7, 11) is 3.51. The molecule has 2 atom stereocenters. The highest BCUT2D eigenvalue weighted by molar-refractivity contribution is 5.85. The first-order chi connectivity index (χ1) is 7.15. The summed E-state index contributed by atoms with van der Waals surface area (Å²) in [5.74, 6) is 0.462. The van der Waals surface area contributed by atoms with Crippen molar-refractivity contribution >= 4 is 18.3 Å². The quantitative estimate of drug-likeness (QED) is 0.806. The van der Waals surface area contributed by atoms with E-state index in [1.807, 2.05) is 7.05 Å². The number of ether oxygens (including phenoxy) is 1. The fourth-order valence-corrected chi connectivity index (χ4v) is 2.01. The van der Waals surface area contributed by atoms with Crippen LogP contribution in [0.25, 0.3) is 0 Å². The first kappa shape index (κ1) is 15.7. The summed E-state index contributed by atoms with van der Waals surface area (Å²) in [6.07, 6.45) is 1.91. The lowest BCUT2D eigenvalue weighted by Crippen LogP contribution is -2.43. The Morgan fingerprint density at radius 3 is 2.81 bits per heavy atom. The maximum Gasteiger partial charge on any atom is 0.225 e. The Morgan fingerprint density at radius 2 is 2.25 bits per heavy atom. The van der Waals surface area contributed by atoms with Crippen molar-refractivity contribution in [2.24, 2.45) is 5.92 Å². The predicted molar refractivity (Wildman–Crippen MR) is 66.9 cm³/mol. The van der Waals surface area contributed by atoms with E-state index < -0.39 is 0 Å². The Kier molecular flexibility index (Phi) is 7.72. The normalized spacial score (nSPS) is 24.7. The largest absolute Gasteiger partial charge is 0.383 e. The summed E-state index contributed by atoms with van der Waals surface area (Å²) >= 11 is 0. The lowest BCUT2D eigenvalue weighted by Gasteiger charge is -2.30. The van der Waals surface area contributed by atoms with Crippen LogP contribution in [0.4, 0.5) is 0 Å². The van der Waals surface area contributed by atoms with E-state index >= 15 is 0 Å². The van der Waals surface area contributed by atoms with Gasteiger partial charge in [-0.15, -0.1) is 12.4 Å². The Balaban J connectivity index is 0.00000225. The van der Waals surface area contributed by atoms with Gasteiger partial charge in [-0.25, -0.2) is 0 Å². The fraction of sp³-hybridized carbons (Fsp3) is 0.909. The van der Waals surface area contributed by atoms with Crippen LogP contribution >= 0.6 is 12.4 Å². The van der Waals surface area contributed by atoms with E-state index in [1.165, 1.54) is 0 Å². The van der Waals surface area contributed by atoms with Crippen LogP contribution in [0.2, 0.25) is 0 Å². The van der Waals surface area contributed by atoms with Crippen LogP contribution in [0, 0.1) is 5.92 Å². The number of halogens is 1. The zero-order chi connectivity index (χ0) is 11.3. The molecule has 0 spiro atoms. The SMILES string of the molecule is COCCN(C)C(=O)[C@H]1CCN[C@@H](C)C1.Cl. The highest BCUT2D eigenvalue weighted by atomic mass is 35.5. The maximum absolute atomic E-state index is 12.0. The summed E-state index contributed by atoms with van der Waals surface area (Å²) < 4.78 is 4.96. The maximum atomic E-state index is 12.0. The van der Waals surface area contributed by atoms with E-state index in [9.17, 15) is 4.79 Å². The van der Waals surface area contributed by atoms with Gasteiger partial charge < -0.3 is 15.0 Å². The monoisotopic (exact) mass is 250 g/mol. The van der Waals surface area contributed by atoms with Crippen LogP contribution in [0.3, 0.4) is 0 Å². The van der Waals surface area contributed by atoms with E-state index in [2.05, 4.69) is 12.2 Å². The van der Waals surface area contributed by atoms with Crippen molar-refractivity contribution in [2.45, 2.75) is 25.8 Å². The van der Waals surface area contributed by atoms with Crippen LogP contribution in [-0.4, -0.2) is 50.7 Å². The molecule has 0 radical (unpaired) electrons. The second-order valence-corrected chi connectivity index (χ2v) is 4.33. The lowest BCUT2D eigenvalue weighted by atomic mass is 9.92. The van der Waals surface area contributed by atoms with E-state index in [4.69, 9.17) is 4.74 Å². The number of rotatable bonds is 4. The van der Waals surface area contributed by atoms with Gasteiger partial charge in [0.1, 0.15) is 0 Å². The van der Waals surface area contributed by atoms with Gasteiger partial charge in [-0.1, -0.05) is 0 Å². The van der Waals surface area contributed by atoms with Crippen LogP contribution in [0.5, 0.6) is 0 Å². The molecule has 0 aromatic heterocycles. The molecule has 0 bridgehead atoms. The summed E-state index contributed by atoms with van der Waals surface area (Å²) in [5, 5.41) is 3.35. The number of hydrogen-bond donors (Lipinski definition) is 1. The molecular weight excluding hydrogens is 228 g/mol. The zero-order valence-electron chi connectivity index (χ0n) is 10.4. The van der Waals surface area contributed by atoms with Gasteiger partial charge in [0.15, 0.2) is 0 Å². The van der Waals surface area contributed by atoms with Gasteiger partial charge in [0.05, 0.1) is 6.61 Å². The fourth-order valence-electron chi connectivity index (χ4n) is 2.01. The molecule has 0 aromatic rings. The van der Waals surface area contributed by atoms with Gasteiger partial charge in [-0.05, 0) is 26.3 Å². The van der Waals surface area contributed by atoms with Gasteiger partial charge in [0, 0.05) is 32.7 Å². The van der Waals surface area contributed by atoms with E-state index in [-0.39, 0.29) is 24.2 Å². The zero-order valence-corrected chi connectivity index (χ0v) is 11.2. The van der Waals surface area contributed by atoms with Crippen LogP contribution in [-0.2, 0) is 9.53 Å². The molecule has 1 saturated heterocycles. The Bertz CT molecular complexity index is 214. The van der Waals surface area contributed by atoms with E-state index in [0.29, 0.717) is 19.2 Å². The summed E-state index contributed by atoms with van der Waals surface area (Å²) in [6.45, 7) is 4.39. The van der Waals surface area contributed by atoms with Crippen molar-refractivity contribution in [3.63, 3.8) is 0 Å². The van der Waals surface area contributed by atoms with Gasteiger partial charge in [0.2, 0.25) is 5.91 Å². The van der Waals surface area contributed by atoms with Crippen LogP contribution < -0.4 is 5.32 Å². The standard InChI is InChI=1S/C11H22N2O2.ClH/c1-9-8-10(4-5-12-9)11(14)13(2)6-7-15-3;/h9-10,12H,4-8H2,1-3H3;1H/t9-,10-;/m0./s1. The molecule has 5 heteroatoms. The molecule has 1 rings (SSSR count). The number of nitrogens with zero attached hydrogens (tertiary/aromatic N) is 1. The molecule has 1 amide bonds. The molecule has 1 heterocycles. The molecule has 1 aliphatic rings. The molecule has 0 aromatic carbocycles. The van der Waals surface area contributed by atoms with Gasteiger partial charge in [-0.3, -0.25) is 4.79 Å². The number of methoxy groups -OCH3 is 1. The predicted octanol–water partition coefficient (Wildman–Crippen LogP) is 0.901. The van der Waals surface area contributed by atoms with Crippen LogP contribution in [0.15, 0.2) is 0 Å². The number of amides is 1. The van der Waals surface area contributed by atoms with Crippen molar-refractivity contribution in [3.05, 3.63) is 0 Å². The summed E-state index contributed by atoms with van der Waals surface area (Å²) in [4.78, 5) is 13.8. The molecular formula is C11H23ClN2O2. The highest BCUT2D eigenvalue weighted by Crippen LogP contribution is 2.17. The number of piperidine rings is 1. The third-order valence-corrected chi connectivity index (χ3v) is 2.98. The molecule has 0 aliphatic carbocycles. The average Bonchev–Trinajstić information content (AvgIpc) is 2.24. The number of carbonyl (C=O) groups excluding carboxylic acids is 1. The Labute approximate surface area is 104 Å². The number of nitrogens with one attached hydrogen (secondary N) is 1. The van der Waals surface area contributed by atoms with Crippen molar-refractivity contribution in [1.82, 2.24) is 10.2 Å². The smallest absolute Gasteiger partial charge is 0.225 e. The highest BCUT2D eigenvalue weighted by Gasteiger charge is 2.26. The number of carbonyl (C=O) groups is 1. The summed E-state index contributed by atoms with van der Waals surface area (Å²) in [5.41, 5.74) is 0. The minimum absolute atomic E-state index is 0. The second kappa shape index (κ2) is 7.87.